The molecular formula is C16H29F3N2O3. The maximum absolute atomic E-state index is 12.0. The summed E-state index contributed by atoms with van der Waals surface area (Å²) in [6, 6.07) is 0. The largest absolute Gasteiger partial charge is 0.411 e. The van der Waals surface area contributed by atoms with Crippen molar-refractivity contribution >= 4 is 5.91 Å². The second-order valence-corrected chi connectivity index (χ2v) is 5.98. The van der Waals surface area contributed by atoms with E-state index in [0.29, 0.717) is 32.7 Å². The minimum Gasteiger partial charge on any atom is -0.382 e. The Morgan fingerprint density at radius 1 is 1.17 bits per heavy atom. The number of likely N-dealkylation sites (tertiary alicyclic amines) is 1. The number of ether oxygens (including phenoxy) is 2. The van der Waals surface area contributed by atoms with Crippen LogP contribution in [0.3, 0.4) is 0 Å². The minimum atomic E-state index is -4.26. The van der Waals surface area contributed by atoms with E-state index < -0.39 is 12.8 Å². The topological polar surface area (TPSA) is 50.8 Å². The number of carbonyl (C=O) groups is 1. The number of nitrogens with zero attached hydrogens (tertiary/aromatic N) is 1. The van der Waals surface area contributed by atoms with Gasteiger partial charge in [-0.1, -0.05) is 0 Å². The van der Waals surface area contributed by atoms with Crippen molar-refractivity contribution in [1.82, 2.24) is 10.2 Å². The average Bonchev–Trinajstić information content (AvgIpc) is 2.53. The van der Waals surface area contributed by atoms with Crippen LogP contribution in [0.15, 0.2) is 0 Å². The molecule has 0 aromatic rings. The molecule has 0 aliphatic carbocycles. The molecule has 0 unspecified atom stereocenters. The third-order valence-electron chi connectivity index (χ3n) is 3.96. The first-order valence-electron chi connectivity index (χ1n) is 8.64. The van der Waals surface area contributed by atoms with Gasteiger partial charge < -0.3 is 19.7 Å². The van der Waals surface area contributed by atoms with Gasteiger partial charge in [0.2, 0.25) is 5.91 Å². The molecule has 0 atom stereocenters. The highest BCUT2D eigenvalue weighted by molar-refractivity contribution is 5.78. The zero-order valence-corrected chi connectivity index (χ0v) is 14.4. The predicted molar refractivity (Wildman–Crippen MR) is 84.8 cm³/mol. The molecule has 0 spiro atoms. The molecule has 1 aliphatic heterocycles. The third-order valence-corrected chi connectivity index (χ3v) is 3.96. The maximum Gasteiger partial charge on any atom is 0.411 e. The number of amides is 1. The van der Waals surface area contributed by atoms with Crippen LogP contribution in [0.4, 0.5) is 13.2 Å². The van der Waals surface area contributed by atoms with Crippen molar-refractivity contribution in [2.45, 2.75) is 38.8 Å². The molecule has 0 aromatic carbocycles. The lowest BCUT2D eigenvalue weighted by Gasteiger charge is -2.31. The summed E-state index contributed by atoms with van der Waals surface area (Å²) in [7, 11) is 0. The highest BCUT2D eigenvalue weighted by atomic mass is 19.4. The van der Waals surface area contributed by atoms with Crippen LogP contribution in [0.1, 0.15) is 32.6 Å². The Morgan fingerprint density at radius 3 is 2.46 bits per heavy atom. The Hall–Kier alpha value is -0.860. The molecular weight excluding hydrogens is 325 g/mol. The lowest BCUT2D eigenvalue weighted by Crippen LogP contribution is -2.41. The van der Waals surface area contributed by atoms with Gasteiger partial charge >= 0.3 is 6.18 Å². The number of hydrogen-bond acceptors (Lipinski definition) is 4. The number of carbonyl (C=O) groups excluding carboxylic acids is 1. The van der Waals surface area contributed by atoms with E-state index in [2.05, 4.69) is 15.0 Å². The third kappa shape index (κ3) is 10.1. The smallest absolute Gasteiger partial charge is 0.382 e. The highest BCUT2D eigenvalue weighted by Gasteiger charge is 2.27. The number of rotatable bonds is 11. The van der Waals surface area contributed by atoms with Gasteiger partial charge in [0.1, 0.15) is 6.61 Å². The Kier molecular flexibility index (Phi) is 10.3. The standard InChI is InChI=1S/C16H29F3N2O3/c1-2-23-11-3-7-20-15(22)14-5-9-21(10-6-14)8-4-12-24-13-16(17,18)19/h14H,2-13H2,1H3,(H,20,22). The van der Waals surface area contributed by atoms with E-state index in [1.807, 2.05) is 6.92 Å². The van der Waals surface area contributed by atoms with Gasteiger partial charge in [0.25, 0.3) is 0 Å². The summed E-state index contributed by atoms with van der Waals surface area (Å²) in [4.78, 5) is 14.2. The van der Waals surface area contributed by atoms with Crippen LogP contribution in [-0.4, -0.2) is 69.6 Å². The molecule has 8 heteroatoms. The Balaban J connectivity index is 2.03. The molecule has 0 bridgehead atoms. The van der Waals surface area contributed by atoms with Gasteiger partial charge in [-0.2, -0.15) is 13.2 Å². The van der Waals surface area contributed by atoms with Gasteiger partial charge in [-0.3, -0.25) is 4.79 Å². The van der Waals surface area contributed by atoms with E-state index in [1.165, 1.54) is 0 Å². The molecule has 1 aliphatic rings. The first kappa shape index (κ1) is 21.2. The van der Waals surface area contributed by atoms with E-state index >= 15 is 0 Å². The lowest BCUT2D eigenvalue weighted by atomic mass is 9.96. The molecule has 0 saturated carbocycles. The predicted octanol–water partition coefficient (Wildman–Crippen LogP) is 2.21. The van der Waals surface area contributed by atoms with Crippen LogP contribution < -0.4 is 5.32 Å². The lowest BCUT2D eigenvalue weighted by molar-refractivity contribution is -0.174. The minimum absolute atomic E-state index is 0.0369. The van der Waals surface area contributed by atoms with Crippen molar-refractivity contribution in [1.29, 1.82) is 0 Å². The van der Waals surface area contributed by atoms with Crippen molar-refractivity contribution in [3.63, 3.8) is 0 Å². The number of piperidine rings is 1. The van der Waals surface area contributed by atoms with Gasteiger partial charge in [0, 0.05) is 38.8 Å². The van der Waals surface area contributed by atoms with Crippen LogP contribution in [-0.2, 0) is 14.3 Å². The molecule has 0 radical (unpaired) electrons. The fourth-order valence-corrected chi connectivity index (χ4v) is 2.67. The van der Waals surface area contributed by atoms with Crippen molar-refractivity contribution in [2.24, 2.45) is 5.92 Å². The normalized spacial score (nSPS) is 17.2. The Bertz CT molecular complexity index is 346. The second kappa shape index (κ2) is 11.7. The first-order valence-corrected chi connectivity index (χ1v) is 8.64. The fraction of sp³-hybridized carbons (Fsp3) is 0.938. The zero-order valence-electron chi connectivity index (χ0n) is 14.4. The van der Waals surface area contributed by atoms with Gasteiger partial charge in [-0.05, 0) is 45.7 Å². The zero-order chi connectivity index (χ0) is 17.8. The summed E-state index contributed by atoms with van der Waals surface area (Å²) in [5.41, 5.74) is 0. The molecule has 1 rings (SSSR count). The van der Waals surface area contributed by atoms with E-state index in [4.69, 9.17) is 4.74 Å². The molecule has 24 heavy (non-hydrogen) atoms. The number of nitrogens with one attached hydrogen (secondary N) is 1. The monoisotopic (exact) mass is 354 g/mol. The quantitative estimate of drug-likeness (QED) is 0.578. The summed E-state index contributed by atoms with van der Waals surface area (Å²) in [6.45, 7) is 5.16. The molecule has 1 N–H and O–H groups in total. The number of halogens is 3. The van der Waals surface area contributed by atoms with E-state index in [1.54, 1.807) is 0 Å². The molecule has 1 fully saturated rings. The van der Waals surface area contributed by atoms with Gasteiger partial charge in [0.05, 0.1) is 0 Å². The fourth-order valence-electron chi connectivity index (χ4n) is 2.67. The van der Waals surface area contributed by atoms with Crippen LogP contribution in [0.2, 0.25) is 0 Å². The molecule has 142 valence electrons. The molecule has 5 nitrogen and oxygen atoms in total. The number of hydrogen-bond donors (Lipinski definition) is 1. The van der Waals surface area contributed by atoms with Crippen molar-refractivity contribution < 1.29 is 27.4 Å². The first-order chi connectivity index (χ1) is 11.4. The summed E-state index contributed by atoms with van der Waals surface area (Å²) in [6.07, 6.45) is -1.28. The Labute approximate surface area is 141 Å². The van der Waals surface area contributed by atoms with Crippen LogP contribution in [0.25, 0.3) is 0 Å². The van der Waals surface area contributed by atoms with Crippen LogP contribution in [0.5, 0.6) is 0 Å². The summed E-state index contributed by atoms with van der Waals surface area (Å²) >= 11 is 0. The number of alkyl halides is 3. The molecule has 1 heterocycles. The van der Waals surface area contributed by atoms with E-state index in [-0.39, 0.29) is 18.4 Å². The van der Waals surface area contributed by atoms with Gasteiger partial charge in [-0.25, -0.2) is 0 Å². The van der Waals surface area contributed by atoms with E-state index in [9.17, 15) is 18.0 Å². The summed E-state index contributed by atoms with van der Waals surface area (Å²) in [5.74, 6) is 0.134. The van der Waals surface area contributed by atoms with Crippen molar-refractivity contribution in [2.75, 3.05) is 52.6 Å². The Morgan fingerprint density at radius 2 is 1.83 bits per heavy atom. The highest BCUT2D eigenvalue weighted by Crippen LogP contribution is 2.18. The summed E-state index contributed by atoms with van der Waals surface area (Å²) in [5, 5.41) is 2.94. The second-order valence-electron chi connectivity index (χ2n) is 5.98. The van der Waals surface area contributed by atoms with E-state index in [0.717, 1.165) is 32.4 Å². The molecule has 0 aromatic heterocycles. The molecule has 1 amide bonds. The van der Waals surface area contributed by atoms with Crippen LogP contribution >= 0.6 is 0 Å². The summed E-state index contributed by atoms with van der Waals surface area (Å²) < 4.78 is 45.6. The maximum atomic E-state index is 12.0. The van der Waals surface area contributed by atoms with Gasteiger partial charge in [0.15, 0.2) is 0 Å². The van der Waals surface area contributed by atoms with Crippen LogP contribution in [0, 0.1) is 5.92 Å². The van der Waals surface area contributed by atoms with Gasteiger partial charge in [-0.15, -0.1) is 0 Å². The van der Waals surface area contributed by atoms with Crippen molar-refractivity contribution in [3.05, 3.63) is 0 Å². The SMILES string of the molecule is CCOCCCNC(=O)C1CCN(CCCOCC(F)(F)F)CC1. The average molecular weight is 354 g/mol. The molecule has 1 saturated heterocycles. The van der Waals surface area contributed by atoms with Crippen molar-refractivity contribution in [3.8, 4) is 0 Å².